The van der Waals surface area contributed by atoms with Crippen LogP contribution in [0.15, 0.2) is 30.3 Å². The molecule has 19 heavy (non-hydrogen) atoms. The lowest BCUT2D eigenvalue weighted by atomic mass is 9.89. The van der Waals surface area contributed by atoms with E-state index in [1.54, 1.807) is 0 Å². The molecule has 3 heteroatoms. The van der Waals surface area contributed by atoms with Crippen molar-refractivity contribution < 1.29 is 4.79 Å². The van der Waals surface area contributed by atoms with Gasteiger partial charge in [-0.15, -0.1) is 0 Å². The summed E-state index contributed by atoms with van der Waals surface area (Å²) in [6.45, 7) is 8.23. The van der Waals surface area contributed by atoms with Gasteiger partial charge in [-0.25, -0.2) is 0 Å². The molecule has 1 aliphatic rings. The Morgan fingerprint density at radius 3 is 2.21 bits per heavy atom. The molecule has 1 amide bonds. The Morgan fingerprint density at radius 2 is 1.68 bits per heavy atom. The second-order valence-corrected chi connectivity index (χ2v) is 5.18. The first-order valence-electron chi connectivity index (χ1n) is 7.15. The zero-order valence-electron chi connectivity index (χ0n) is 12.6. The van der Waals surface area contributed by atoms with Gasteiger partial charge in [-0.1, -0.05) is 32.0 Å². The van der Waals surface area contributed by atoms with E-state index in [9.17, 15) is 4.79 Å². The van der Waals surface area contributed by atoms with Crippen LogP contribution in [-0.4, -0.2) is 36.5 Å². The molecule has 1 saturated heterocycles. The number of hydrogen-bond acceptors (Lipinski definition) is 2. The van der Waals surface area contributed by atoms with Crippen molar-refractivity contribution in [3.63, 3.8) is 0 Å². The lowest BCUT2D eigenvalue weighted by Crippen LogP contribution is -2.52. The molecular formula is C16H26N2O. The van der Waals surface area contributed by atoms with E-state index in [2.05, 4.69) is 24.2 Å². The maximum atomic E-state index is 12.1. The van der Waals surface area contributed by atoms with Gasteiger partial charge in [0.15, 0.2) is 0 Å². The highest BCUT2D eigenvalue weighted by atomic mass is 16.1. The second-order valence-electron chi connectivity index (χ2n) is 5.18. The van der Waals surface area contributed by atoms with Crippen LogP contribution in [0.2, 0.25) is 0 Å². The van der Waals surface area contributed by atoms with Gasteiger partial charge in [0.2, 0.25) is 0 Å². The molecule has 1 heterocycles. The molecule has 0 spiro atoms. The van der Waals surface area contributed by atoms with Crippen LogP contribution in [0.4, 0.5) is 0 Å². The first-order chi connectivity index (χ1) is 9.09. The third kappa shape index (κ3) is 4.67. The van der Waals surface area contributed by atoms with Crippen LogP contribution in [0.1, 0.15) is 44.0 Å². The van der Waals surface area contributed by atoms with Gasteiger partial charge in [0.25, 0.3) is 5.91 Å². The SMILES string of the molecule is CC.CN1CCC(C)(NC(=O)c2ccccc2)CC1. The molecule has 2 rings (SSSR count). The van der Waals surface area contributed by atoms with Gasteiger partial charge >= 0.3 is 0 Å². The Morgan fingerprint density at radius 1 is 1.16 bits per heavy atom. The fourth-order valence-electron chi connectivity index (χ4n) is 2.17. The smallest absolute Gasteiger partial charge is 0.251 e. The average molecular weight is 262 g/mol. The summed E-state index contributed by atoms with van der Waals surface area (Å²) in [4.78, 5) is 14.4. The fourth-order valence-corrected chi connectivity index (χ4v) is 2.17. The topological polar surface area (TPSA) is 32.3 Å². The highest BCUT2D eigenvalue weighted by Crippen LogP contribution is 2.21. The highest BCUT2D eigenvalue weighted by Gasteiger charge is 2.30. The number of hydrogen-bond donors (Lipinski definition) is 1. The molecule has 1 N–H and O–H groups in total. The number of likely N-dealkylation sites (tertiary alicyclic amines) is 1. The number of nitrogens with zero attached hydrogens (tertiary/aromatic N) is 1. The standard InChI is InChI=1S/C14H20N2O.C2H6/c1-14(8-10-16(2)11-9-14)15-13(17)12-6-4-3-5-7-12;1-2/h3-7H,8-11H2,1-2H3,(H,15,17);1-2H3. The molecule has 1 aromatic rings. The number of carbonyl (C=O) groups excluding carboxylic acids is 1. The number of benzene rings is 1. The van der Waals surface area contributed by atoms with E-state index in [1.807, 2.05) is 44.2 Å². The van der Waals surface area contributed by atoms with Crippen molar-refractivity contribution >= 4 is 5.91 Å². The Hall–Kier alpha value is -1.35. The second kappa shape index (κ2) is 7.29. The minimum absolute atomic E-state index is 0.0395. The van der Waals surface area contributed by atoms with Crippen molar-refractivity contribution in [2.45, 2.75) is 39.2 Å². The maximum Gasteiger partial charge on any atom is 0.251 e. The summed E-state index contributed by atoms with van der Waals surface area (Å²) >= 11 is 0. The zero-order chi connectivity index (χ0) is 14.3. The predicted octanol–water partition coefficient (Wildman–Crippen LogP) is 2.93. The van der Waals surface area contributed by atoms with Crippen molar-refractivity contribution in [2.75, 3.05) is 20.1 Å². The van der Waals surface area contributed by atoms with E-state index in [4.69, 9.17) is 0 Å². The number of piperidine rings is 1. The largest absolute Gasteiger partial charge is 0.347 e. The molecule has 1 aromatic carbocycles. The molecule has 0 radical (unpaired) electrons. The zero-order valence-corrected chi connectivity index (χ0v) is 12.6. The lowest BCUT2D eigenvalue weighted by molar-refractivity contribution is 0.0852. The van der Waals surface area contributed by atoms with Gasteiger partial charge < -0.3 is 10.2 Å². The summed E-state index contributed by atoms with van der Waals surface area (Å²) in [6.07, 6.45) is 2.03. The number of amides is 1. The first kappa shape index (κ1) is 15.7. The Labute approximate surface area is 117 Å². The molecule has 0 atom stereocenters. The molecule has 1 aliphatic heterocycles. The number of carbonyl (C=O) groups is 1. The van der Waals surface area contributed by atoms with Crippen molar-refractivity contribution in [1.82, 2.24) is 10.2 Å². The van der Waals surface area contributed by atoms with Crippen molar-refractivity contribution in [2.24, 2.45) is 0 Å². The van der Waals surface area contributed by atoms with Crippen LogP contribution in [0.5, 0.6) is 0 Å². The fraction of sp³-hybridized carbons (Fsp3) is 0.562. The molecule has 106 valence electrons. The van der Waals surface area contributed by atoms with Crippen LogP contribution in [-0.2, 0) is 0 Å². The van der Waals surface area contributed by atoms with Gasteiger partial charge in [0.05, 0.1) is 0 Å². The van der Waals surface area contributed by atoms with Crippen LogP contribution < -0.4 is 5.32 Å². The van der Waals surface area contributed by atoms with E-state index in [0.29, 0.717) is 0 Å². The van der Waals surface area contributed by atoms with Crippen LogP contribution in [0, 0.1) is 0 Å². The van der Waals surface area contributed by atoms with E-state index in [-0.39, 0.29) is 11.4 Å². The van der Waals surface area contributed by atoms with Gasteiger partial charge in [0, 0.05) is 24.2 Å². The van der Waals surface area contributed by atoms with Crippen LogP contribution in [0.3, 0.4) is 0 Å². The van der Waals surface area contributed by atoms with E-state index in [1.165, 1.54) is 0 Å². The molecule has 0 bridgehead atoms. The van der Waals surface area contributed by atoms with Crippen molar-refractivity contribution in [3.05, 3.63) is 35.9 Å². The summed E-state index contributed by atoms with van der Waals surface area (Å²) in [5.74, 6) is 0.0395. The molecule has 1 fully saturated rings. The Kier molecular flexibility index (Phi) is 6.03. The monoisotopic (exact) mass is 262 g/mol. The van der Waals surface area contributed by atoms with Gasteiger partial charge in [-0.05, 0) is 38.9 Å². The van der Waals surface area contributed by atoms with Crippen molar-refractivity contribution in [1.29, 1.82) is 0 Å². The third-order valence-corrected chi connectivity index (χ3v) is 3.54. The highest BCUT2D eigenvalue weighted by molar-refractivity contribution is 5.94. The summed E-state index contributed by atoms with van der Waals surface area (Å²) in [5, 5.41) is 3.17. The Bertz CT molecular complexity index is 381. The predicted molar refractivity (Wildman–Crippen MR) is 80.4 cm³/mol. The quantitative estimate of drug-likeness (QED) is 0.889. The molecular weight excluding hydrogens is 236 g/mol. The first-order valence-corrected chi connectivity index (χ1v) is 7.15. The van der Waals surface area contributed by atoms with Gasteiger partial charge in [-0.2, -0.15) is 0 Å². The normalized spacial score (nSPS) is 18.1. The molecule has 0 unspecified atom stereocenters. The van der Waals surface area contributed by atoms with E-state index >= 15 is 0 Å². The maximum absolute atomic E-state index is 12.1. The van der Waals surface area contributed by atoms with Crippen LogP contribution >= 0.6 is 0 Å². The van der Waals surface area contributed by atoms with Gasteiger partial charge in [-0.3, -0.25) is 4.79 Å². The molecule has 0 aromatic heterocycles. The minimum Gasteiger partial charge on any atom is -0.347 e. The molecule has 3 nitrogen and oxygen atoms in total. The van der Waals surface area contributed by atoms with Gasteiger partial charge in [0.1, 0.15) is 0 Å². The van der Waals surface area contributed by atoms with Crippen LogP contribution in [0.25, 0.3) is 0 Å². The Balaban J connectivity index is 0.000000861. The summed E-state index contributed by atoms with van der Waals surface area (Å²) < 4.78 is 0. The summed E-state index contributed by atoms with van der Waals surface area (Å²) in [7, 11) is 2.12. The third-order valence-electron chi connectivity index (χ3n) is 3.54. The summed E-state index contributed by atoms with van der Waals surface area (Å²) in [6, 6.07) is 9.42. The van der Waals surface area contributed by atoms with E-state index in [0.717, 1.165) is 31.5 Å². The average Bonchev–Trinajstić information content (AvgIpc) is 2.45. The number of rotatable bonds is 2. The molecule has 0 saturated carbocycles. The number of nitrogens with one attached hydrogen (secondary N) is 1. The van der Waals surface area contributed by atoms with E-state index < -0.39 is 0 Å². The minimum atomic E-state index is -0.0561. The lowest BCUT2D eigenvalue weighted by Gasteiger charge is -2.38. The van der Waals surface area contributed by atoms with Crippen molar-refractivity contribution in [3.8, 4) is 0 Å². The molecule has 0 aliphatic carbocycles. The summed E-state index contributed by atoms with van der Waals surface area (Å²) in [5.41, 5.74) is 0.687.